The molecule has 1 aromatic heterocycles. The Morgan fingerprint density at radius 2 is 1.93 bits per heavy atom. The van der Waals surface area contributed by atoms with Crippen LogP contribution in [0.5, 0.6) is 0 Å². The second-order valence-electron chi connectivity index (χ2n) is 2.78. The number of hydrazine groups is 1. The smallest absolute Gasteiger partial charge is 0.268 e. The lowest BCUT2D eigenvalue weighted by molar-refractivity contribution is -0.141. The highest BCUT2D eigenvalue weighted by atomic mass is 19.4. The Balaban J connectivity index is 2.70. The van der Waals surface area contributed by atoms with E-state index in [0.29, 0.717) is 0 Å². The molecule has 1 amide bonds. The quantitative estimate of drug-likeness (QED) is 0.458. The lowest BCUT2D eigenvalue weighted by atomic mass is 10.2. The van der Waals surface area contributed by atoms with E-state index < -0.39 is 18.6 Å². The van der Waals surface area contributed by atoms with E-state index in [9.17, 15) is 18.0 Å². The normalized spacial score (nSPS) is 11.2. The van der Waals surface area contributed by atoms with Crippen molar-refractivity contribution in [3.63, 3.8) is 0 Å². The molecule has 0 unspecified atom stereocenters. The molecular weight excluding hydrogens is 211 g/mol. The molecule has 1 aromatic rings. The van der Waals surface area contributed by atoms with E-state index in [1.165, 1.54) is 24.5 Å². The standard InChI is InChI=1S/C8H8F3N3O/c9-8(10,11)5-14(12)7(15)6-1-3-13-4-2-6/h1-4H,5,12H2. The molecule has 0 aromatic carbocycles. The van der Waals surface area contributed by atoms with E-state index in [0.717, 1.165) is 0 Å². The Morgan fingerprint density at radius 3 is 2.40 bits per heavy atom. The second-order valence-corrected chi connectivity index (χ2v) is 2.78. The lowest BCUT2D eigenvalue weighted by Gasteiger charge is -2.18. The molecule has 0 radical (unpaired) electrons. The van der Waals surface area contributed by atoms with E-state index in [4.69, 9.17) is 5.84 Å². The summed E-state index contributed by atoms with van der Waals surface area (Å²) in [6.07, 6.45) is -1.90. The van der Waals surface area contributed by atoms with Crippen molar-refractivity contribution in [1.82, 2.24) is 9.99 Å². The molecule has 15 heavy (non-hydrogen) atoms. The molecular formula is C8H8F3N3O. The highest BCUT2D eigenvalue weighted by Gasteiger charge is 2.32. The number of pyridine rings is 1. The van der Waals surface area contributed by atoms with Gasteiger partial charge in [-0.2, -0.15) is 13.2 Å². The van der Waals surface area contributed by atoms with Gasteiger partial charge in [0.05, 0.1) is 0 Å². The maximum atomic E-state index is 11.9. The molecule has 2 N–H and O–H groups in total. The first kappa shape index (κ1) is 11.4. The summed E-state index contributed by atoms with van der Waals surface area (Å²) < 4.78 is 35.7. The molecule has 1 rings (SSSR count). The first-order valence-electron chi connectivity index (χ1n) is 3.93. The molecule has 0 fully saturated rings. The Hall–Kier alpha value is -1.63. The molecule has 7 heteroatoms. The van der Waals surface area contributed by atoms with Crippen LogP contribution >= 0.6 is 0 Å². The van der Waals surface area contributed by atoms with Crippen molar-refractivity contribution in [2.24, 2.45) is 5.84 Å². The summed E-state index contributed by atoms with van der Waals surface area (Å²) in [5.41, 5.74) is 0.0664. The SMILES string of the molecule is NN(CC(F)(F)F)C(=O)c1ccncc1. The fraction of sp³-hybridized carbons (Fsp3) is 0.250. The maximum Gasteiger partial charge on any atom is 0.407 e. The minimum absolute atomic E-state index is 0.0664. The molecule has 0 aliphatic heterocycles. The predicted octanol–water partition coefficient (Wildman–Crippen LogP) is 0.960. The van der Waals surface area contributed by atoms with Crippen LogP contribution in [0.1, 0.15) is 10.4 Å². The zero-order chi connectivity index (χ0) is 11.5. The molecule has 0 aliphatic rings. The molecule has 0 saturated heterocycles. The second kappa shape index (κ2) is 4.26. The van der Waals surface area contributed by atoms with Gasteiger partial charge in [0.25, 0.3) is 5.91 Å². The number of hydrogen-bond donors (Lipinski definition) is 1. The van der Waals surface area contributed by atoms with Gasteiger partial charge in [0.1, 0.15) is 6.54 Å². The zero-order valence-electron chi connectivity index (χ0n) is 7.53. The Bertz CT molecular complexity index is 339. The number of alkyl halides is 3. The highest BCUT2D eigenvalue weighted by Crippen LogP contribution is 2.15. The topological polar surface area (TPSA) is 59.2 Å². The van der Waals surface area contributed by atoms with Crippen LogP contribution in [-0.4, -0.2) is 28.6 Å². The first-order valence-corrected chi connectivity index (χ1v) is 3.93. The van der Waals surface area contributed by atoms with Gasteiger partial charge in [0, 0.05) is 18.0 Å². The van der Waals surface area contributed by atoms with Crippen LogP contribution in [0.15, 0.2) is 24.5 Å². The average Bonchev–Trinajstić information content (AvgIpc) is 2.15. The number of nitrogens with two attached hydrogens (primary N) is 1. The molecule has 4 nitrogen and oxygen atoms in total. The van der Waals surface area contributed by atoms with Gasteiger partial charge in [-0.25, -0.2) is 5.84 Å². The number of carbonyl (C=O) groups excluding carboxylic acids is 1. The first-order chi connectivity index (χ1) is 6.90. The largest absolute Gasteiger partial charge is 0.407 e. The third kappa shape index (κ3) is 3.55. The Kier molecular flexibility index (Phi) is 3.25. The van der Waals surface area contributed by atoms with Gasteiger partial charge in [0.15, 0.2) is 0 Å². The summed E-state index contributed by atoms with van der Waals surface area (Å²) in [6, 6.07) is 2.58. The van der Waals surface area contributed by atoms with Crippen LogP contribution in [0.4, 0.5) is 13.2 Å². The third-order valence-electron chi connectivity index (χ3n) is 1.54. The van der Waals surface area contributed by atoms with Gasteiger partial charge >= 0.3 is 6.18 Å². The highest BCUT2D eigenvalue weighted by molar-refractivity contribution is 5.93. The monoisotopic (exact) mass is 219 g/mol. The van der Waals surface area contributed by atoms with E-state index in [-0.39, 0.29) is 10.6 Å². The summed E-state index contributed by atoms with van der Waals surface area (Å²) in [4.78, 5) is 14.9. The lowest BCUT2D eigenvalue weighted by Crippen LogP contribution is -2.43. The molecule has 0 spiro atoms. The number of rotatable bonds is 2. The van der Waals surface area contributed by atoms with E-state index in [2.05, 4.69) is 4.98 Å². The van der Waals surface area contributed by atoms with Gasteiger partial charge in [-0.15, -0.1) is 0 Å². The molecule has 0 atom stereocenters. The van der Waals surface area contributed by atoms with Gasteiger partial charge in [-0.05, 0) is 12.1 Å². The number of nitrogens with zero attached hydrogens (tertiary/aromatic N) is 2. The summed E-state index contributed by atoms with van der Waals surface area (Å²) >= 11 is 0. The summed E-state index contributed by atoms with van der Waals surface area (Å²) in [6.45, 7) is -1.48. The van der Waals surface area contributed by atoms with Gasteiger partial charge in [-0.3, -0.25) is 14.8 Å². The summed E-state index contributed by atoms with van der Waals surface area (Å²) in [7, 11) is 0. The van der Waals surface area contributed by atoms with E-state index in [1.807, 2.05) is 0 Å². The number of aromatic nitrogens is 1. The third-order valence-corrected chi connectivity index (χ3v) is 1.54. The molecule has 82 valence electrons. The van der Waals surface area contributed by atoms with Crippen molar-refractivity contribution in [2.45, 2.75) is 6.18 Å². The fourth-order valence-corrected chi connectivity index (χ4v) is 0.925. The van der Waals surface area contributed by atoms with Crippen molar-refractivity contribution in [3.05, 3.63) is 30.1 Å². The van der Waals surface area contributed by atoms with Crippen molar-refractivity contribution in [1.29, 1.82) is 0 Å². The van der Waals surface area contributed by atoms with Crippen LogP contribution in [0.25, 0.3) is 0 Å². The molecule has 0 saturated carbocycles. The minimum Gasteiger partial charge on any atom is -0.268 e. The van der Waals surface area contributed by atoms with Crippen LogP contribution < -0.4 is 5.84 Å². The van der Waals surface area contributed by atoms with Crippen molar-refractivity contribution in [3.8, 4) is 0 Å². The number of carbonyl (C=O) groups is 1. The van der Waals surface area contributed by atoms with Crippen molar-refractivity contribution < 1.29 is 18.0 Å². The minimum atomic E-state index is -4.50. The van der Waals surface area contributed by atoms with Crippen molar-refractivity contribution >= 4 is 5.91 Å². The summed E-state index contributed by atoms with van der Waals surface area (Å²) in [5, 5.41) is 0.120. The number of amides is 1. The van der Waals surface area contributed by atoms with Gasteiger partial charge < -0.3 is 0 Å². The van der Waals surface area contributed by atoms with Crippen molar-refractivity contribution in [2.75, 3.05) is 6.54 Å². The predicted molar refractivity (Wildman–Crippen MR) is 45.5 cm³/mol. The fourth-order valence-electron chi connectivity index (χ4n) is 0.925. The van der Waals surface area contributed by atoms with Crippen LogP contribution in [-0.2, 0) is 0 Å². The van der Waals surface area contributed by atoms with Crippen LogP contribution in [0, 0.1) is 0 Å². The van der Waals surface area contributed by atoms with Gasteiger partial charge in [-0.1, -0.05) is 0 Å². The average molecular weight is 219 g/mol. The Labute approximate surface area is 83.5 Å². The van der Waals surface area contributed by atoms with Gasteiger partial charge in [0.2, 0.25) is 0 Å². The van der Waals surface area contributed by atoms with E-state index in [1.54, 1.807) is 0 Å². The van der Waals surface area contributed by atoms with E-state index >= 15 is 0 Å². The molecule has 0 aliphatic carbocycles. The molecule has 1 heterocycles. The molecule has 0 bridgehead atoms. The Morgan fingerprint density at radius 1 is 1.40 bits per heavy atom. The number of hydrogen-bond acceptors (Lipinski definition) is 3. The maximum absolute atomic E-state index is 11.9. The van der Waals surface area contributed by atoms with Crippen LogP contribution in [0.2, 0.25) is 0 Å². The summed E-state index contributed by atoms with van der Waals surface area (Å²) in [5.74, 6) is 4.08. The number of halogens is 3. The zero-order valence-corrected chi connectivity index (χ0v) is 7.53. The van der Waals surface area contributed by atoms with Crippen LogP contribution in [0.3, 0.4) is 0 Å².